The van der Waals surface area contributed by atoms with E-state index in [1.807, 2.05) is 13.8 Å². The van der Waals surface area contributed by atoms with E-state index in [0.29, 0.717) is 18.4 Å². The molecule has 14 heavy (non-hydrogen) atoms. The number of nitrogens with two attached hydrogens (primary N) is 1. The molecule has 0 bridgehead atoms. The Balaban J connectivity index is 2.25. The molecular weight excluding hydrogens is 176 g/mol. The van der Waals surface area contributed by atoms with E-state index in [4.69, 9.17) is 5.73 Å². The van der Waals surface area contributed by atoms with Gasteiger partial charge in [0.1, 0.15) is 5.78 Å². The molecule has 0 aliphatic carbocycles. The van der Waals surface area contributed by atoms with Crippen LogP contribution in [-0.2, 0) is 4.79 Å². The van der Waals surface area contributed by atoms with E-state index in [2.05, 4.69) is 4.90 Å². The summed E-state index contributed by atoms with van der Waals surface area (Å²) < 4.78 is 0. The van der Waals surface area contributed by atoms with E-state index >= 15 is 0 Å². The minimum Gasteiger partial charge on any atom is -0.318 e. The van der Waals surface area contributed by atoms with Crippen LogP contribution >= 0.6 is 0 Å². The van der Waals surface area contributed by atoms with Gasteiger partial charge in [-0.3, -0.25) is 9.69 Å². The van der Waals surface area contributed by atoms with E-state index in [1.54, 1.807) is 0 Å². The Labute approximate surface area is 86.6 Å². The van der Waals surface area contributed by atoms with Gasteiger partial charge in [0.05, 0.1) is 0 Å². The number of carbonyl (C=O) groups excluding carboxylic acids is 1. The van der Waals surface area contributed by atoms with Crippen LogP contribution in [0.1, 0.15) is 33.1 Å². The van der Waals surface area contributed by atoms with Crippen molar-refractivity contribution >= 4 is 5.78 Å². The second-order valence-electron chi connectivity index (χ2n) is 4.57. The van der Waals surface area contributed by atoms with Crippen LogP contribution in [0.2, 0.25) is 0 Å². The molecule has 82 valence electrons. The van der Waals surface area contributed by atoms with Crippen molar-refractivity contribution in [2.75, 3.05) is 19.8 Å². The molecule has 1 rings (SSSR count). The molecule has 3 heteroatoms. The summed E-state index contributed by atoms with van der Waals surface area (Å²) in [6, 6.07) is 0. The Morgan fingerprint density at radius 1 is 1.43 bits per heavy atom. The third-order valence-electron chi connectivity index (χ3n) is 3.10. The van der Waals surface area contributed by atoms with Gasteiger partial charge < -0.3 is 5.73 Å². The van der Waals surface area contributed by atoms with Crippen LogP contribution in [-0.4, -0.2) is 30.4 Å². The summed E-state index contributed by atoms with van der Waals surface area (Å²) in [5, 5.41) is 0. The van der Waals surface area contributed by atoms with E-state index in [-0.39, 0.29) is 5.92 Å². The minimum atomic E-state index is 0.197. The smallest absolute Gasteiger partial charge is 0.135 e. The number of nitrogens with zero attached hydrogens (tertiary/aromatic N) is 1. The van der Waals surface area contributed by atoms with Crippen LogP contribution in [0, 0.1) is 11.8 Å². The Bertz CT molecular complexity index is 184. The number of ketones is 1. The molecule has 1 aliphatic rings. The molecule has 0 atom stereocenters. The molecule has 0 unspecified atom stereocenters. The van der Waals surface area contributed by atoms with E-state index < -0.39 is 0 Å². The number of piperidine rings is 1. The first kappa shape index (κ1) is 11.7. The maximum absolute atomic E-state index is 11.5. The highest BCUT2D eigenvalue weighted by Gasteiger charge is 2.21. The van der Waals surface area contributed by atoms with Crippen molar-refractivity contribution in [1.82, 2.24) is 4.90 Å². The monoisotopic (exact) mass is 198 g/mol. The molecule has 1 saturated heterocycles. The number of hydrogen-bond donors (Lipinski definition) is 1. The number of rotatable bonds is 4. The van der Waals surface area contributed by atoms with E-state index in [9.17, 15) is 4.79 Å². The molecule has 1 fully saturated rings. The van der Waals surface area contributed by atoms with Crippen molar-refractivity contribution in [1.29, 1.82) is 0 Å². The fraction of sp³-hybridized carbons (Fsp3) is 0.909. The van der Waals surface area contributed by atoms with Gasteiger partial charge in [0.2, 0.25) is 0 Å². The molecule has 1 heterocycles. The summed E-state index contributed by atoms with van der Waals surface area (Å²) in [7, 11) is 0. The number of carbonyl (C=O) groups is 1. The van der Waals surface area contributed by atoms with Crippen LogP contribution < -0.4 is 5.73 Å². The van der Waals surface area contributed by atoms with Crippen molar-refractivity contribution in [3.63, 3.8) is 0 Å². The molecule has 3 nitrogen and oxygen atoms in total. The third-order valence-corrected chi connectivity index (χ3v) is 3.10. The second-order valence-corrected chi connectivity index (χ2v) is 4.57. The molecule has 0 aromatic rings. The Hall–Kier alpha value is -0.410. The van der Waals surface area contributed by atoms with Crippen molar-refractivity contribution < 1.29 is 4.79 Å². The Morgan fingerprint density at radius 2 is 2.00 bits per heavy atom. The average Bonchev–Trinajstić information content (AvgIpc) is 2.19. The lowest BCUT2D eigenvalue weighted by molar-refractivity contribution is -0.123. The van der Waals surface area contributed by atoms with Crippen LogP contribution in [0.25, 0.3) is 0 Å². The number of Topliss-reactive ketones (excluding diaryl/α,β-unsaturated/α-hetero) is 1. The maximum atomic E-state index is 11.5. The summed E-state index contributed by atoms with van der Waals surface area (Å²) >= 11 is 0. The molecular formula is C11H22N2O. The van der Waals surface area contributed by atoms with Crippen molar-refractivity contribution in [3.8, 4) is 0 Å². The largest absolute Gasteiger partial charge is 0.318 e. The average molecular weight is 198 g/mol. The van der Waals surface area contributed by atoms with Crippen LogP contribution in [0.4, 0.5) is 0 Å². The van der Waals surface area contributed by atoms with Crippen molar-refractivity contribution in [3.05, 3.63) is 0 Å². The van der Waals surface area contributed by atoms with Gasteiger partial charge in [-0.2, -0.15) is 0 Å². The fourth-order valence-electron chi connectivity index (χ4n) is 1.89. The Morgan fingerprint density at radius 3 is 2.43 bits per heavy atom. The molecule has 0 spiro atoms. The van der Waals surface area contributed by atoms with Gasteiger partial charge in [0.15, 0.2) is 0 Å². The van der Waals surface area contributed by atoms with Gasteiger partial charge in [0.25, 0.3) is 0 Å². The first-order valence-electron chi connectivity index (χ1n) is 5.58. The van der Waals surface area contributed by atoms with Gasteiger partial charge in [-0.15, -0.1) is 0 Å². The van der Waals surface area contributed by atoms with Crippen LogP contribution in [0.15, 0.2) is 0 Å². The molecule has 0 aromatic heterocycles. The molecule has 0 aromatic carbocycles. The zero-order valence-corrected chi connectivity index (χ0v) is 9.33. The first-order valence-corrected chi connectivity index (χ1v) is 5.58. The Kier molecular flexibility index (Phi) is 4.55. The van der Waals surface area contributed by atoms with Crippen molar-refractivity contribution in [2.45, 2.75) is 33.1 Å². The van der Waals surface area contributed by atoms with Gasteiger partial charge >= 0.3 is 0 Å². The zero-order valence-electron chi connectivity index (χ0n) is 9.33. The highest BCUT2D eigenvalue weighted by molar-refractivity contribution is 5.80. The summed E-state index contributed by atoms with van der Waals surface area (Å²) in [6.07, 6.45) is 3.04. The van der Waals surface area contributed by atoms with E-state index in [1.165, 1.54) is 0 Å². The maximum Gasteiger partial charge on any atom is 0.135 e. The lowest BCUT2D eigenvalue weighted by Crippen LogP contribution is -2.38. The summed E-state index contributed by atoms with van der Waals surface area (Å²) in [5.41, 5.74) is 5.56. The summed E-state index contributed by atoms with van der Waals surface area (Å²) in [4.78, 5) is 13.8. The third kappa shape index (κ3) is 3.39. The highest BCUT2D eigenvalue weighted by atomic mass is 16.1. The molecule has 2 N–H and O–H groups in total. The van der Waals surface area contributed by atoms with Gasteiger partial charge in [-0.25, -0.2) is 0 Å². The van der Waals surface area contributed by atoms with E-state index in [0.717, 1.165) is 32.4 Å². The fourth-order valence-corrected chi connectivity index (χ4v) is 1.89. The molecule has 0 radical (unpaired) electrons. The van der Waals surface area contributed by atoms with Gasteiger partial charge in [-0.05, 0) is 31.8 Å². The highest BCUT2D eigenvalue weighted by Crippen LogP contribution is 2.21. The number of hydrogen-bond acceptors (Lipinski definition) is 3. The predicted molar refractivity (Wildman–Crippen MR) is 57.8 cm³/mol. The van der Waals surface area contributed by atoms with Crippen LogP contribution in [0.5, 0.6) is 0 Å². The predicted octanol–water partition coefficient (Wildman–Crippen LogP) is 1.23. The standard InChI is InChI=1S/C11H22N2O/c1-9(2)11(14)7-10-3-5-13(8-12)6-4-10/h9-10H,3-8,12H2,1-2H3. The van der Waals surface area contributed by atoms with Gasteiger partial charge in [0, 0.05) is 19.0 Å². The van der Waals surface area contributed by atoms with Crippen LogP contribution in [0.3, 0.4) is 0 Å². The quantitative estimate of drug-likeness (QED) is 0.739. The molecule has 0 amide bonds. The summed E-state index contributed by atoms with van der Waals surface area (Å²) in [5.74, 6) is 1.21. The normalized spacial score (nSPS) is 20.3. The lowest BCUT2D eigenvalue weighted by Gasteiger charge is -2.30. The summed E-state index contributed by atoms with van der Waals surface area (Å²) in [6.45, 7) is 6.75. The van der Waals surface area contributed by atoms with Gasteiger partial charge in [-0.1, -0.05) is 13.8 Å². The minimum absolute atomic E-state index is 0.197. The zero-order chi connectivity index (χ0) is 10.6. The first-order chi connectivity index (χ1) is 6.63. The molecule has 1 aliphatic heterocycles. The number of likely N-dealkylation sites (tertiary alicyclic amines) is 1. The molecule has 0 saturated carbocycles. The second kappa shape index (κ2) is 5.47. The topological polar surface area (TPSA) is 46.3 Å². The van der Waals surface area contributed by atoms with Crippen molar-refractivity contribution in [2.24, 2.45) is 17.6 Å². The SMILES string of the molecule is CC(C)C(=O)CC1CCN(CN)CC1. The lowest BCUT2D eigenvalue weighted by atomic mass is 9.89.